The molecule has 3 aromatic carbocycles. The van der Waals surface area contributed by atoms with Crippen molar-refractivity contribution in [2.45, 2.75) is 63.9 Å². The van der Waals surface area contributed by atoms with Crippen molar-refractivity contribution in [3.8, 4) is 0 Å². The highest BCUT2D eigenvalue weighted by Crippen LogP contribution is 2.54. The van der Waals surface area contributed by atoms with Crippen LogP contribution in [0.25, 0.3) is 0 Å². The summed E-state index contributed by atoms with van der Waals surface area (Å²) in [6.07, 6.45) is -0.609. The Hall–Kier alpha value is -1.90. The molecule has 0 fully saturated rings. The van der Waals surface area contributed by atoms with Gasteiger partial charge in [0, 0.05) is 20.7 Å². The summed E-state index contributed by atoms with van der Waals surface area (Å²) in [5, 5.41) is 11.4. The number of aliphatic hydroxyl groups excluding tert-OH is 1. The third kappa shape index (κ3) is 2.44. The molecule has 0 amide bonds. The zero-order valence-corrected chi connectivity index (χ0v) is 20.2. The second-order valence-electron chi connectivity index (χ2n) is 10.5. The second-order valence-corrected chi connectivity index (χ2v) is 11.5. The van der Waals surface area contributed by atoms with Gasteiger partial charge in [-0.3, -0.25) is 0 Å². The molecule has 2 aliphatic carbocycles. The highest BCUT2D eigenvalue weighted by Gasteiger charge is 2.45. The van der Waals surface area contributed by atoms with Gasteiger partial charge in [0.15, 0.2) is 0 Å². The van der Waals surface area contributed by atoms with Crippen LogP contribution in [0.4, 0.5) is 0 Å². The average molecular weight is 461 g/mol. The van der Waals surface area contributed by atoms with Crippen molar-refractivity contribution in [2.24, 2.45) is 0 Å². The van der Waals surface area contributed by atoms with Crippen molar-refractivity contribution in [3.63, 3.8) is 0 Å². The topological polar surface area (TPSA) is 20.2 Å². The molecule has 0 bridgehead atoms. The Labute approximate surface area is 188 Å². The number of hydrogen-bond donors (Lipinski definition) is 1. The van der Waals surface area contributed by atoms with E-state index in [-0.39, 0.29) is 16.2 Å². The van der Waals surface area contributed by atoms with E-state index >= 15 is 0 Å². The Morgan fingerprint density at radius 2 is 1.10 bits per heavy atom. The molecule has 2 aliphatic rings. The van der Waals surface area contributed by atoms with Gasteiger partial charge in [-0.25, -0.2) is 0 Å². The van der Waals surface area contributed by atoms with Crippen molar-refractivity contribution in [1.82, 2.24) is 0 Å². The van der Waals surface area contributed by atoms with Crippen LogP contribution < -0.4 is 0 Å². The van der Waals surface area contributed by atoms with Crippen molar-refractivity contribution < 1.29 is 5.11 Å². The van der Waals surface area contributed by atoms with Gasteiger partial charge in [-0.1, -0.05) is 99.9 Å². The maximum atomic E-state index is 11.4. The van der Waals surface area contributed by atoms with E-state index < -0.39 is 6.10 Å². The van der Waals surface area contributed by atoms with Gasteiger partial charge in [-0.05, 0) is 56.6 Å². The number of aliphatic hydroxyl groups is 1. The van der Waals surface area contributed by atoms with E-state index in [1.807, 2.05) is 0 Å². The lowest BCUT2D eigenvalue weighted by Gasteiger charge is -2.46. The van der Waals surface area contributed by atoms with Crippen LogP contribution in [0.3, 0.4) is 0 Å². The molecule has 1 nitrogen and oxygen atoms in total. The number of halogens is 1. The lowest BCUT2D eigenvalue weighted by Crippen LogP contribution is -2.38. The molecule has 5 rings (SSSR count). The summed E-state index contributed by atoms with van der Waals surface area (Å²) in [5.74, 6) is 0. The first kappa shape index (κ1) is 20.0. The number of fused-ring (bicyclic) bond motifs is 4. The van der Waals surface area contributed by atoms with E-state index in [0.717, 1.165) is 15.6 Å². The van der Waals surface area contributed by atoms with Gasteiger partial charge in [-0.15, -0.1) is 0 Å². The predicted molar refractivity (Wildman–Crippen MR) is 127 cm³/mol. The fraction of sp³-hybridized carbons (Fsp3) is 0.357. The summed E-state index contributed by atoms with van der Waals surface area (Å²) in [6.45, 7) is 13.9. The SMILES string of the molecule is CC1(C)c2ccc(Br)cc2C(O)c2cc3c(cc21)C(C)(C)c1ccccc1C3(C)C. The molecule has 0 saturated carbocycles. The fourth-order valence-electron chi connectivity index (χ4n) is 5.92. The highest BCUT2D eigenvalue weighted by atomic mass is 79.9. The largest absolute Gasteiger partial charge is 0.384 e. The molecule has 30 heavy (non-hydrogen) atoms. The summed E-state index contributed by atoms with van der Waals surface area (Å²) in [4.78, 5) is 0. The first-order valence-corrected chi connectivity index (χ1v) is 11.5. The van der Waals surface area contributed by atoms with Gasteiger partial charge >= 0.3 is 0 Å². The lowest BCUT2D eigenvalue weighted by molar-refractivity contribution is 0.209. The van der Waals surface area contributed by atoms with Crippen molar-refractivity contribution in [2.75, 3.05) is 0 Å². The molecule has 154 valence electrons. The van der Waals surface area contributed by atoms with Gasteiger partial charge in [0.1, 0.15) is 6.10 Å². The molecule has 0 heterocycles. The quantitative estimate of drug-likeness (QED) is 0.377. The Morgan fingerprint density at radius 3 is 1.70 bits per heavy atom. The molecule has 1 N–H and O–H groups in total. The van der Waals surface area contributed by atoms with Crippen molar-refractivity contribution in [3.05, 3.63) is 104 Å². The molecule has 3 aromatic rings. The van der Waals surface area contributed by atoms with Crippen LogP contribution in [-0.4, -0.2) is 5.11 Å². The number of rotatable bonds is 0. The molecule has 0 saturated heterocycles. The molecular weight excluding hydrogens is 432 g/mol. The smallest absolute Gasteiger partial charge is 0.105 e. The van der Waals surface area contributed by atoms with Crippen LogP contribution in [0.1, 0.15) is 92.2 Å². The molecule has 0 aliphatic heterocycles. The fourth-order valence-corrected chi connectivity index (χ4v) is 6.30. The van der Waals surface area contributed by atoms with Crippen LogP contribution >= 0.6 is 15.9 Å². The van der Waals surface area contributed by atoms with Gasteiger partial charge in [0.25, 0.3) is 0 Å². The Bertz CT molecular complexity index is 1200. The van der Waals surface area contributed by atoms with Gasteiger partial charge in [0.2, 0.25) is 0 Å². The zero-order chi connectivity index (χ0) is 21.6. The maximum absolute atomic E-state index is 11.4. The summed E-state index contributed by atoms with van der Waals surface area (Å²) in [7, 11) is 0. The number of hydrogen-bond acceptors (Lipinski definition) is 1. The van der Waals surface area contributed by atoms with Crippen molar-refractivity contribution >= 4 is 15.9 Å². The van der Waals surface area contributed by atoms with Crippen LogP contribution in [0.5, 0.6) is 0 Å². The molecule has 1 atom stereocenters. The monoisotopic (exact) mass is 460 g/mol. The third-order valence-corrected chi connectivity index (χ3v) is 8.25. The van der Waals surface area contributed by atoms with Gasteiger partial charge < -0.3 is 5.11 Å². The van der Waals surface area contributed by atoms with E-state index in [4.69, 9.17) is 0 Å². The molecule has 0 spiro atoms. The van der Waals surface area contributed by atoms with Gasteiger partial charge in [-0.2, -0.15) is 0 Å². The van der Waals surface area contributed by atoms with E-state index in [1.54, 1.807) is 0 Å². The van der Waals surface area contributed by atoms with Crippen LogP contribution in [0, 0.1) is 0 Å². The molecule has 0 aromatic heterocycles. The highest BCUT2D eigenvalue weighted by molar-refractivity contribution is 9.10. The van der Waals surface area contributed by atoms with Crippen LogP contribution in [0.2, 0.25) is 0 Å². The first-order chi connectivity index (χ1) is 14.0. The average Bonchev–Trinajstić information content (AvgIpc) is 2.70. The molecule has 0 radical (unpaired) electrons. The molecule has 2 heteroatoms. The maximum Gasteiger partial charge on any atom is 0.105 e. The van der Waals surface area contributed by atoms with E-state index in [2.05, 4.69) is 112 Å². The normalized spacial score (nSPS) is 21.8. The summed E-state index contributed by atoms with van der Waals surface area (Å²) < 4.78 is 1.01. The zero-order valence-electron chi connectivity index (χ0n) is 18.6. The Morgan fingerprint density at radius 1 is 0.600 bits per heavy atom. The minimum absolute atomic E-state index is 0.0858. The minimum Gasteiger partial charge on any atom is -0.384 e. The number of benzene rings is 3. The Kier molecular flexibility index (Phi) is 4.06. The van der Waals surface area contributed by atoms with E-state index in [0.29, 0.717) is 0 Å². The van der Waals surface area contributed by atoms with E-state index in [1.165, 1.54) is 33.4 Å². The minimum atomic E-state index is -0.609. The van der Waals surface area contributed by atoms with Crippen molar-refractivity contribution in [1.29, 1.82) is 0 Å². The third-order valence-electron chi connectivity index (χ3n) is 7.76. The second kappa shape index (κ2) is 6.08. The summed E-state index contributed by atoms with van der Waals surface area (Å²) in [5.41, 5.74) is 9.64. The molecular formula is C28H29BrO. The first-order valence-electron chi connectivity index (χ1n) is 10.7. The van der Waals surface area contributed by atoms with Gasteiger partial charge in [0.05, 0.1) is 0 Å². The van der Waals surface area contributed by atoms with Crippen LogP contribution in [0.15, 0.2) is 59.1 Å². The predicted octanol–water partition coefficient (Wildman–Crippen LogP) is 7.14. The molecule has 1 unspecified atom stereocenters. The lowest BCUT2D eigenvalue weighted by atomic mass is 9.57. The van der Waals surface area contributed by atoms with Crippen LogP contribution in [-0.2, 0) is 16.2 Å². The van der Waals surface area contributed by atoms with E-state index in [9.17, 15) is 5.11 Å². The summed E-state index contributed by atoms with van der Waals surface area (Å²) >= 11 is 3.60. The Balaban J connectivity index is 1.84. The standard InChI is InChI=1S/C28H29BrO/c1-26(2)19-12-11-16(29)13-17(19)25(30)18-14-23-24(15-22(18)26)28(5,6)21-10-8-7-9-20(21)27(23,3)4/h7-15,25,30H,1-6H3. The summed E-state index contributed by atoms with van der Waals surface area (Å²) in [6, 6.07) is 19.9.